The predicted octanol–water partition coefficient (Wildman–Crippen LogP) is 2.17. The van der Waals surface area contributed by atoms with Crippen molar-refractivity contribution < 1.29 is 0 Å². The molecule has 122 valence electrons. The van der Waals surface area contributed by atoms with Crippen LogP contribution in [0, 0.1) is 5.92 Å². The second-order valence-corrected chi connectivity index (χ2v) is 7.84. The maximum Gasteiger partial charge on any atom is 0.191 e. The number of guanidine groups is 1. The monoisotopic (exact) mass is 312 g/mol. The first-order chi connectivity index (χ1) is 10.3. The molecule has 21 heavy (non-hydrogen) atoms. The van der Waals surface area contributed by atoms with Crippen molar-refractivity contribution in [3.63, 3.8) is 0 Å². The van der Waals surface area contributed by atoms with E-state index in [1.54, 1.807) is 0 Å². The van der Waals surface area contributed by atoms with Gasteiger partial charge in [0.15, 0.2) is 5.96 Å². The molecule has 2 saturated heterocycles. The number of likely N-dealkylation sites (tertiary alicyclic amines) is 1. The number of hydrogen-bond acceptors (Lipinski definition) is 3. The summed E-state index contributed by atoms with van der Waals surface area (Å²) in [6.45, 7) is 8.18. The van der Waals surface area contributed by atoms with Crippen LogP contribution in [-0.4, -0.2) is 61.6 Å². The van der Waals surface area contributed by atoms with Gasteiger partial charge in [0.05, 0.1) is 0 Å². The van der Waals surface area contributed by atoms with Gasteiger partial charge in [0.2, 0.25) is 0 Å². The van der Waals surface area contributed by atoms with Gasteiger partial charge in [-0.1, -0.05) is 13.3 Å². The molecule has 0 amide bonds. The van der Waals surface area contributed by atoms with Gasteiger partial charge in [-0.05, 0) is 50.4 Å². The zero-order valence-corrected chi connectivity index (χ0v) is 14.6. The summed E-state index contributed by atoms with van der Waals surface area (Å²) in [5.74, 6) is 2.96. The Morgan fingerprint density at radius 1 is 1.24 bits per heavy atom. The Morgan fingerprint density at radius 3 is 2.71 bits per heavy atom. The molecule has 0 spiro atoms. The number of rotatable bonds is 6. The molecule has 0 aromatic heterocycles. The topological polar surface area (TPSA) is 39.7 Å². The van der Waals surface area contributed by atoms with Crippen molar-refractivity contribution >= 4 is 17.7 Å². The van der Waals surface area contributed by atoms with E-state index in [1.165, 1.54) is 57.5 Å². The Hall–Kier alpha value is -0.420. The van der Waals surface area contributed by atoms with Gasteiger partial charge < -0.3 is 15.5 Å². The Kier molecular flexibility index (Phi) is 7.72. The fourth-order valence-corrected chi connectivity index (χ4v) is 4.36. The molecule has 2 aliphatic rings. The second kappa shape index (κ2) is 9.57. The molecule has 2 atom stereocenters. The van der Waals surface area contributed by atoms with E-state index in [4.69, 9.17) is 0 Å². The largest absolute Gasteiger partial charge is 0.356 e. The summed E-state index contributed by atoms with van der Waals surface area (Å²) in [5.41, 5.74) is 0. The molecule has 2 N–H and O–H groups in total. The van der Waals surface area contributed by atoms with E-state index in [1.807, 2.05) is 7.05 Å². The minimum Gasteiger partial charge on any atom is -0.356 e. The Bertz CT molecular complexity index is 309. The lowest BCUT2D eigenvalue weighted by molar-refractivity contribution is 0.201. The Morgan fingerprint density at radius 2 is 2.05 bits per heavy atom. The molecule has 0 aliphatic carbocycles. The number of piperidine rings is 1. The van der Waals surface area contributed by atoms with Gasteiger partial charge in [-0.2, -0.15) is 11.8 Å². The molecule has 0 radical (unpaired) electrons. The number of nitrogens with zero attached hydrogens (tertiary/aromatic N) is 2. The fraction of sp³-hybridized carbons (Fsp3) is 0.938. The van der Waals surface area contributed by atoms with Gasteiger partial charge in [-0.25, -0.2) is 0 Å². The summed E-state index contributed by atoms with van der Waals surface area (Å²) in [5, 5.41) is 7.73. The maximum atomic E-state index is 4.34. The summed E-state index contributed by atoms with van der Waals surface area (Å²) in [7, 11) is 1.87. The van der Waals surface area contributed by atoms with E-state index in [2.05, 4.69) is 39.2 Å². The van der Waals surface area contributed by atoms with Gasteiger partial charge in [0, 0.05) is 31.9 Å². The van der Waals surface area contributed by atoms with E-state index in [0.29, 0.717) is 5.92 Å². The zero-order valence-electron chi connectivity index (χ0n) is 13.7. The van der Waals surface area contributed by atoms with Crippen LogP contribution >= 0.6 is 11.8 Å². The normalized spacial score (nSPS) is 25.8. The van der Waals surface area contributed by atoms with Crippen LogP contribution in [0.25, 0.3) is 0 Å². The Labute approximate surface area is 134 Å². The molecule has 2 rings (SSSR count). The average Bonchev–Trinajstić information content (AvgIpc) is 3.02. The lowest BCUT2D eigenvalue weighted by Crippen LogP contribution is -2.43. The highest BCUT2D eigenvalue weighted by atomic mass is 32.2. The molecular formula is C16H32N4S. The van der Waals surface area contributed by atoms with Crippen molar-refractivity contribution in [1.29, 1.82) is 0 Å². The lowest BCUT2D eigenvalue weighted by atomic mass is 10.1. The molecule has 0 saturated carbocycles. The Balaban J connectivity index is 1.60. The standard InChI is InChI=1S/C16H32N4S/c1-14(13-20-8-4-3-5-9-20)11-18-16(17-2)19-12-15-7-6-10-21-15/h14-15H,3-13H2,1-2H3,(H2,17,18,19). The molecule has 2 unspecified atom stereocenters. The molecule has 2 aliphatic heterocycles. The van der Waals surface area contributed by atoms with E-state index in [9.17, 15) is 0 Å². The molecule has 2 heterocycles. The van der Waals surface area contributed by atoms with Crippen LogP contribution in [0.3, 0.4) is 0 Å². The van der Waals surface area contributed by atoms with Crippen LogP contribution in [0.15, 0.2) is 4.99 Å². The van der Waals surface area contributed by atoms with E-state index in [0.717, 1.165) is 24.3 Å². The highest BCUT2D eigenvalue weighted by Crippen LogP contribution is 2.25. The van der Waals surface area contributed by atoms with Crippen LogP contribution < -0.4 is 10.6 Å². The van der Waals surface area contributed by atoms with Crippen LogP contribution in [-0.2, 0) is 0 Å². The predicted molar refractivity (Wildman–Crippen MR) is 94.3 cm³/mol. The van der Waals surface area contributed by atoms with Crippen LogP contribution in [0.2, 0.25) is 0 Å². The van der Waals surface area contributed by atoms with Crippen molar-refractivity contribution in [2.45, 2.75) is 44.3 Å². The lowest BCUT2D eigenvalue weighted by Gasteiger charge is -2.29. The SMILES string of the molecule is CN=C(NCC(C)CN1CCCCC1)NCC1CCCS1. The third-order valence-electron chi connectivity index (χ3n) is 4.38. The molecule has 4 nitrogen and oxygen atoms in total. The fourth-order valence-electron chi connectivity index (χ4n) is 3.15. The second-order valence-electron chi connectivity index (χ2n) is 6.44. The first-order valence-corrected chi connectivity index (χ1v) is 9.61. The smallest absolute Gasteiger partial charge is 0.191 e. The molecule has 5 heteroatoms. The van der Waals surface area contributed by atoms with Gasteiger partial charge in [0.25, 0.3) is 0 Å². The summed E-state index contributed by atoms with van der Waals surface area (Å²) < 4.78 is 0. The van der Waals surface area contributed by atoms with Crippen LogP contribution in [0.5, 0.6) is 0 Å². The zero-order chi connectivity index (χ0) is 14.9. The molecule has 2 fully saturated rings. The number of nitrogens with one attached hydrogen (secondary N) is 2. The maximum absolute atomic E-state index is 4.34. The van der Waals surface area contributed by atoms with Crippen molar-refractivity contribution in [3.8, 4) is 0 Å². The summed E-state index contributed by atoms with van der Waals surface area (Å²) in [6.07, 6.45) is 6.89. The van der Waals surface area contributed by atoms with Gasteiger partial charge in [-0.15, -0.1) is 0 Å². The molecule has 0 aromatic rings. The van der Waals surface area contributed by atoms with Crippen LogP contribution in [0.1, 0.15) is 39.0 Å². The molecular weight excluding hydrogens is 280 g/mol. The number of aliphatic imine (C=N–C) groups is 1. The van der Waals surface area contributed by atoms with Gasteiger partial charge in [-0.3, -0.25) is 4.99 Å². The van der Waals surface area contributed by atoms with Gasteiger partial charge in [0.1, 0.15) is 0 Å². The quantitative estimate of drug-likeness (QED) is 0.582. The van der Waals surface area contributed by atoms with Gasteiger partial charge >= 0.3 is 0 Å². The van der Waals surface area contributed by atoms with Crippen molar-refractivity contribution in [2.24, 2.45) is 10.9 Å². The van der Waals surface area contributed by atoms with Crippen LogP contribution in [0.4, 0.5) is 0 Å². The minimum absolute atomic E-state index is 0.669. The molecule has 0 bridgehead atoms. The minimum atomic E-state index is 0.669. The average molecular weight is 313 g/mol. The van der Waals surface area contributed by atoms with Crippen molar-refractivity contribution in [1.82, 2.24) is 15.5 Å². The first-order valence-electron chi connectivity index (χ1n) is 8.56. The highest BCUT2D eigenvalue weighted by molar-refractivity contribution is 8.00. The summed E-state index contributed by atoms with van der Waals surface area (Å²) in [6, 6.07) is 0. The van der Waals surface area contributed by atoms with Crippen molar-refractivity contribution in [2.75, 3.05) is 45.5 Å². The number of hydrogen-bond donors (Lipinski definition) is 2. The number of thioether (sulfide) groups is 1. The van der Waals surface area contributed by atoms with E-state index < -0.39 is 0 Å². The summed E-state index contributed by atoms with van der Waals surface area (Å²) in [4.78, 5) is 6.95. The highest BCUT2D eigenvalue weighted by Gasteiger charge is 2.16. The first kappa shape index (κ1) is 16.9. The van der Waals surface area contributed by atoms with E-state index >= 15 is 0 Å². The van der Waals surface area contributed by atoms with Crippen molar-refractivity contribution in [3.05, 3.63) is 0 Å². The third kappa shape index (κ3) is 6.47. The summed E-state index contributed by atoms with van der Waals surface area (Å²) >= 11 is 2.09. The van der Waals surface area contributed by atoms with E-state index in [-0.39, 0.29) is 0 Å². The molecule has 0 aromatic carbocycles. The third-order valence-corrected chi connectivity index (χ3v) is 5.78.